The van der Waals surface area contributed by atoms with E-state index in [4.69, 9.17) is 119 Å². The van der Waals surface area contributed by atoms with Gasteiger partial charge in [-0.05, 0) is 271 Å². The number of furan rings is 2. The summed E-state index contributed by atoms with van der Waals surface area (Å²) in [6.45, 7) is 26.4. The van der Waals surface area contributed by atoms with E-state index < -0.39 is 39.5 Å². The van der Waals surface area contributed by atoms with Crippen molar-refractivity contribution in [3.05, 3.63) is 208 Å². The first-order valence-corrected chi connectivity index (χ1v) is 41.7. The predicted octanol–water partition coefficient (Wildman–Crippen LogP) is 22.4. The van der Waals surface area contributed by atoms with Gasteiger partial charge >= 0.3 is 28.3 Å². The fraction of sp³-hybridized carbons (Fsp3) is 0.294. The molecule has 8 aromatic carbocycles. The van der Waals surface area contributed by atoms with Gasteiger partial charge in [-0.15, -0.1) is 0 Å². The van der Waals surface area contributed by atoms with Crippen molar-refractivity contribution in [2.45, 2.75) is 137 Å². The maximum atomic E-state index is 9.16. The molecule has 6 aromatic heterocycles. The molecule has 0 amide bonds. The van der Waals surface area contributed by atoms with Crippen molar-refractivity contribution in [3.63, 3.8) is 0 Å². The molecule has 10 heterocycles. The van der Waals surface area contributed by atoms with Gasteiger partial charge < -0.3 is 72.5 Å². The van der Waals surface area contributed by atoms with Crippen LogP contribution in [0.5, 0.6) is 11.5 Å². The number of nitrogen functional groups attached to an aromatic ring is 2. The van der Waals surface area contributed by atoms with Crippen LogP contribution in [0.3, 0.4) is 0 Å². The number of benzene rings is 8. The first-order valence-electron chi connectivity index (χ1n) is 36.7. The Kier molecular flexibility index (Phi) is 30.8. The van der Waals surface area contributed by atoms with Crippen molar-refractivity contribution in [1.82, 2.24) is 19.9 Å². The van der Waals surface area contributed by atoms with E-state index in [0.29, 0.717) is 53.8 Å². The summed E-state index contributed by atoms with van der Waals surface area (Å²) in [5.74, 6) is 1.18. The molecule has 0 saturated carbocycles. The molecule has 19 nitrogen and oxygen atoms in total. The molecule has 0 atom stereocenters. The number of nitrogens with zero attached hydrogens (tertiary/aromatic N) is 4. The summed E-state index contributed by atoms with van der Waals surface area (Å²) in [5.41, 5.74) is 16.6. The van der Waals surface area contributed by atoms with E-state index >= 15 is 0 Å². The number of ether oxygens (including phenoxy) is 3. The molecule has 0 bridgehead atoms. The Bertz CT molecular complexity index is 5840. The maximum absolute atomic E-state index is 9.16. The number of fused-ring (bicyclic) bond motifs is 10. The summed E-state index contributed by atoms with van der Waals surface area (Å²) in [6, 6.07) is 38.2. The average Bonchev–Trinajstić information content (AvgIpc) is 1.59. The molecule has 0 spiro atoms. The second-order valence-electron chi connectivity index (χ2n) is 30.6. The van der Waals surface area contributed by atoms with E-state index in [-0.39, 0.29) is 60.9 Å². The van der Waals surface area contributed by atoms with Gasteiger partial charge in [0.05, 0.1) is 82.9 Å². The molecule has 4 aliphatic heterocycles. The van der Waals surface area contributed by atoms with E-state index in [9.17, 15) is 0 Å². The van der Waals surface area contributed by atoms with Crippen LogP contribution in [0.1, 0.15) is 103 Å². The quantitative estimate of drug-likeness (QED) is 0.0522. The summed E-state index contributed by atoms with van der Waals surface area (Å²) in [4.78, 5) is 16.4. The van der Waals surface area contributed by atoms with Gasteiger partial charge in [-0.1, -0.05) is 97.8 Å². The van der Waals surface area contributed by atoms with E-state index in [1.807, 2.05) is 174 Å². The Morgan fingerprint density at radius 2 is 0.829 bits per heavy atom. The molecular weight excluding hydrogens is 2100 g/mol. The molecular formula is C85H88B4Br3Cl4IN6O13U. The summed E-state index contributed by atoms with van der Waals surface area (Å²) in [6.07, 6.45) is 16.7. The molecule has 4 saturated heterocycles. The van der Waals surface area contributed by atoms with Gasteiger partial charge in [0.2, 0.25) is 0 Å². The Balaban J connectivity index is 0.000000148. The summed E-state index contributed by atoms with van der Waals surface area (Å²) in [7, 11) is 0.160. The third-order valence-corrected chi connectivity index (χ3v) is 26.6. The molecule has 0 radical (unpaired) electrons. The summed E-state index contributed by atoms with van der Waals surface area (Å²) >= 11 is 37.1. The Morgan fingerprint density at radius 3 is 1.26 bits per heavy atom. The van der Waals surface area contributed by atoms with Gasteiger partial charge in [0, 0.05) is 167 Å². The number of aromatic nitrogens is 4. The molecule has 117 heavy (non-hydrogen) atoms. The van der Waals surface area contributed by atoms with Crippen LogP contribution >= 0.6 is 117 Å². The van der Waals surface area contributed by atoms with Crippen LogP contribution in [0.2, 0.25) is 20.1 Å². The van der Waals surface area contributed by atoms with Crippen molar-refractivity contribution >= 4 is 254 Å². The zero-order valence-electron chi connectivity index (χ0n) is 66.2. The molecule has 4 aliphatic rings. The van der Waals surface area contributed by atoms with E-state index in [1.54, 1.807) is 74.6 Å². The minimum Gasteiger partial charge on any atom is -0.497 e. The number of methoxy groups -OCH3 is 2. The van der Waals surface area contributed by atoms with Crippen molar-refractivity contribution < 1.29 is 92.1 Å². The summed E-state index contributed by atoms with van der Waals surface area (Å²) in [5, 5.41) is 32.8. The van der Waals surface area contributed by atoms with Gasteiger partial charge in [0.25, 0.3) is 0 Å². The van der Waals surface area contributed by atoms with Crippen LogP contribution in [0.15, 0.2) is 193 Å². The largest absolute Gasteiger partial charge is 0.497 e. The first-order chi connectivity index (χ1) is 54.3. The van der Waals surface area contributed by atoms with Gasteiger partial charge in [-0.3, -0.25) is 19.9 Å². The summed E-state index contributed by atoms with van der Waals surface area (Å²) < 4.78 is 67.8. The number of halogens is 8. The smallest absolute Gasteiger partial charge is 0.495 e. The molecule has 18 rings (SSSR count). The van der Waals surface area contributed by atoms with Crippen LogP contribution in [0, 0.1) is 34.7 Å². The molecule has 14 aromatic rings. The van der Waals surface area contributed by atoms with Crippen LogP contribution in [0.25, 0.3) is 98.1 Å². The predicted molar refractivity (Wildman–Crippen MR) is 496 cm³/mol. The van der Waals surface area contributed by atoms with E-state index in [2.05, 4.69) is 102 Å². The maximum Gasteiger partial charge on any atom is 0.495 e. The Labute approximate surface area is 765 Å². The zero-order valence-corrected chi connectivity index (χ0v) is 80.3. The van der Waals surface area contributed by atoms with Crippen LogP contribution in [0.4, 0.5) is 11.4 Å². The third kappa shape index (κ3) is 20.4. The number of nitrogens with two attached hydrogens (primary N) is 2. The van der Waals surface area contributed by atoms with Gasteiger partial charge in [0.15, 0.2) is 11.2 Å². The number of rotatable bonds is 6. The molecule has 6 N–H and O–H groups in total. The minimum absolute atomic E-state index is 0. The van der Waals surface area contributed by atoms with Crippen molar-refractivity contribution in [2.75, 3.05) is 38.9 Å². The fourth-order valence-electron chi connectivity index (χ4n) is 12.9. The van der Waals surface area contributed by atoms with Gasteiger partial charge in [-0.2, -0.15) is 0 Å². The zero-order chi connectivity index (χ0) is 83.0. The number of pyridine rings is 4. The van der Waals surface area contributed by atoms with E-state index in [0.717, 1.165) is 128 Å². The third-order valence-electron chi connectivity index (χ3n) is 21.5. The van der Waals surface area contributed by atoms with Crippen LogP contribution in [-0.4, -0.2) is 119 Å². The minimum atomic E-state index is -1.53. The Hall–Kier alpha value is -5.52. The van der Waals surface area contributed by atoms with Crippen LogP contribution in [-0.2, 0) is 32.7 Å². The molecule has 32 heteroatoms. The topological polar surface area (TPSA) is 253 Å². The monoisotopic (exact) mass is 2190 g/mol. The van der Waals surface area contributed by atoms with Crippen molar-refractivity contribution in [1.29, 1.82) is 0 Å². The molecule has 0 aliphatic carbocycles. The second kappa shape index (κ2) is 38.5. The molecule has 0 unspecified atom stereocenters. The molecule has 608 valence electrons. The standard InChI is InChI=1S/C21H19BClNO3.C16H12BrClN2O.C15H7BrClNO.C12H24B2O4.C10H10BNO3.C6H4BrClIN.C4H8O.CH4.U/c1-20(2)21(3,4)27-22(26-20)15-5-6-16(23)19-18(15)14-9-12-7-8-24-11-13(12)10-17(14)25-19;1-21-14-7-10-8-20-5-4-9(10)6-11(14)15-12(17)2-3-13(18)16(15)19;16-11-1-2-12(17)15-14(11)10-5-8-3-4-18-7-9(8)6-13(10)19-15;1-9(2)10(3,4)16-13(15-9)14-17-11(5,6)12(7,8)18-14;1-15-10-5-8-6-12-3-2-7(8)4-9(10)11(13)14;7-3-1-2-4(8)6(10)5(3)9;1-2-4-5-3-1;;/h5-11H,1-4H3;2-8H,19H2,1H3;1-7H;1-8H3;2-6,13-14H,1H3;1-2H,10H2;1-4H2;1H4;. The number of anilines is 2. The fourth-order valence-corrected chi connectivity index (χ4v) is 15.7. The molecule has 4 fully saturated rings. The van der Waals surface area contributed by atoms with Crippen molar-refractivity contribution in [2.24, 2.45) is 0 Å². The van der Waals surface area contributed by atoms with Crippen molar-refractivity contribution in [3.8, 4) is 22.6 Å². The Morgan fingerprint density at radius 1 is 0.453 bits per heavy atom. The van der Waals surface area contributed by atoms with E-state index in [1.165, 1.54) is 20.0 Å². The first kappa shape index (κ1) is 93.7. The normalized spacial score (nSPS) is 16.3. The number of hydrogen-bond donors (Lipinski definition) is 4. The average molecular weight is 2190 g/mol. The van der Waals surface area contributed by atoms with Gasteiger partial charge in [0.1, 0.15) is 22.7 Å². The number of hydrogen-bond acceptors (Lipinski definition) is 19. The van der Waals surface area contributed by atoms with Crippen LogP contribution < -0.4 is 31.9 Å². The van der Waals surface area contributed by atoms with Gasteiger partial charge in [-0.25, -0.2) is 0 Å². The second-order valence-corrected chi connectivity index (χ2v) is 35.9. The SMILES string of the molecule is C.C1CCOC1.CC1(C)OB(B2OC(C)(C)C(C)(C)O2)OC1(C)C.CC1(C)OB(c2ccc(Cl)c3oc4cc5cnccc5cc4c23)OC1(C)C.COc1cc2cnccc2cc1-c1c(Br)ccc(Cl)c1N.COc1cc2cnccc2cc1B(O)O.Clc1ccc(Br)c2c1oc1cc3cnccc3cc12.Nc1c(Cl)ccc(Br)c1I.[U].